The van der Waals surface area contributed by atoms with Crippen molar-refractivity contribution in [3.05, 3.63) is 76.3 Å². The minimum Gasteiger partial charge on any atom is -0.507 e. The van der Waals surface area contributed by atoms with Crippen molar-refractivity contribution < 1.29 is 9.52 Å². The SMILES string of the molecule is Oc1ccc(Cl)cc1C=Nc1ccc2oc(-c3ccc(Cl)cc3)nc2c1. The van der Waals surface area contributed by atoms with Crippen LogP contribution in [0.5, 0.6) is 5.75 Å². The summed E-state index contributed by atoms with van der Waals surface area (Å²) in [5.41, 5.74) is 3.44. The van der Waals surface area contributed by atoms with Crippen molar-refractivity contribution in [3.8, 4) is 17.2 Å². The molecule has 4 aromatic rings. The second kappa shape index (κ2) is 6.83. The monoisotopic (exact) mass is 382 g/mol. The first-order valence-corrected chi connectivity index (χ1v) is 8.53. The van der Waals surface area contributed by atoms with Gasteiger partial charge in [0.05, 0.1) is 5.69 Å². The van der Waals surface area contributed by atoms with E-state index < -0.39 is 0 Å². The molecule has 6 heteroatoms. The molecule has 0 saturated heterocycles. The van der Waals surface area contributed by atoms with Crippen LogP contribution in [0.1, 0.15) is 5.56 Å². The van der Waals surface area contributed by atoms with Gasteiger partial charge in [-0.15, -0.1) is 0 Å². The summed E-state index contributed by atoms with van der Waals surface area (Å²) in [4.78, 5) is 8.89. The smallest absolute Gasteiger partial charge is 0.227 e. The van der Waals surface area contributed by atoms with Crippen LogP contribution in [0.25, 0.3) is 22.6 Å². The van der Waals surface area contributed by atoms with Gasteiger partial charge in [-0.1, -0.05) is 23.2 Å². The molecule has 0 aliphatic carbocycles. The van der Waals surface area contributed by atoms with Gasteiger partial charge in [0, 0.05) is 27.4 Å². The lowest BCUT2D eigenvalue weighted by molar-refractivity contribution is 0.474. The summed E-state index contributed by atoms with van der Waals surface area (Å²) < 4.78 is 5.78. The molecule has 26 heavy (non-hydrogen) atoms. The van der Waals surface area contributed by atoms with Gasteiger partial charge in [0.15, 0.2) is 5.58 Å². The number of fused-ring (bicyclic) bond motifs is 1. The molecule has 128 valence electrons. The number of aromatic hydroxyl groups is 1. The molecule has 3 aromatic carbocycles. The van der Waals surface area contributed by atoms with Gasteiger partial charge >= 0.3 is 0 Å². The minimum absolute atomic E-state index is 0.116. The Morgan fingerprint density at radius 3 is 2.50 bits per heavy atom. The molecule has 1 N–H and O–H groups in total. The number of aromatic nitrogens is 1. The van der Waals surface area contributed by atoms with Crippen molar-refractivity contribution in [2.75, 3.05) is 0 Å². The van der Waals surface area contributed by atoms with Gasteiger partial charge in [-0.2, -0.15) is 0 Å². The number of oxazole rings is 1. The van der Waals surface area contributed by atoms with Crippen LogP contribution in [-0.2, 0) is 0 Å². The first-order chi connectivity index (χ1) is 12.6. The van der Waals surface area contributed by atoms with E-state index in [1.165, 1.54) is 6.07 Å². The maximum Gasteiger partial charge on any atom is 0.227 e. The van der Waals surface area contributed by atoms with Gasteiger partial charge < -0.3 is 9.52 Å². The third-order valence-electron chi connectivity index (χ3n) is 3.80. The standard InChI is InChI=1S/C20H12Cl2N2O2/c21-14-3-1-12(2-4-14)20-24-17-10-16(6-8-19(17)26-20)23-11-13-9-15(22)5-7-18(13)25/h1-11,25H. The number of aliphatic imine (C=N–C) groups is 1. The average Bonchev–Trinajstić information content (AvgIpc) is 3.06. The summed E-state index contributed by atoms with van der Waals surface area (Å²) in [7, 11) is 0. The molecule has 0 radical (unpaired) electrons. The zero-order valence-corrected chi connectivity index (χ0v) is 14.9. The van der Waals surface area contributed by atoms with Crippen LogP contribution in [0.4, 0.5) is 5.69 Å². The minimum atomic E-state index is 0.116. The van der Waals surface area contributed by atoms with E-state index in [-0.39, 0.29) is 5.75 Å². The summed E-state index contributed by atoms with van der Waals surface area (Å²) in [6.07, 6.45) is 1.56. The molecule has 0 aliphatic rings. The molecule has 0 amide bonds. The van der Waals surface area contributed by atoms with E-state index >= 15 is 0 Å². The third-order valence-corrected chi connectivity index (χ3v) is 4.29. The Bertz CT molecular complexity index is 1120. The predicted octanol–water partition coefficient (Wildman–Crippen LogP) is 6.26. The molecule has 0 saturated carbocycles. The van der Waals surface area contributed by atoms with Crippen molar-refractivity contribution in [1.29, 1.82) is 0 Å². The molecule has 0 spiro atoms. The number of benzene rings is 3. The highest BCUT2D eigenvalue weighted by Crippen LogP contribution is 2.28. The Labute approximate surface area is 159 Å². The Kier molecular flexibility index (Phi) is 4.37. The molecule has 1 heterocycles. The second-order valence-corrected chi connectivity index (χ2v) is 6.51. The van der Waals surface area contributed by atoms with Gasteiger partial charge in [-0.05, 0) is 60.7 Å². The molecule has 4 rings (SSSR count). The van der Waals surface area contributed by atoms with E-state index in [9.17, 15) is 5.11 Å². The first-order valence-electron chi connectivity index (χ1n) is 7.77. The normalized spacial score (nSPS) is 11.5. The van der Waals surface area contributed by atoms with Gasteiger partial charge in [0.2, 0.25) is 5.89 Å². The molecular formula is C20H12Cl2N2O2. The molecule has 0 bridgehead atoms. The molecule has 4 nitrogen and oxygen atoms in total. The summed E-state index contributed by atoms with van der Waals surface area (Å²) in [5.74, 6) is 0.635. The summed E-state index contributed by atoms with van der Waals surface area (Å²) >= 11 is 11.9. The fourth-order valence-electron chi connectivity index (χ4n) is 2.48. The van der Waals surface area contributed by atoms with E-state index in [1.54, 1.807) is 30.5 Å². The Morgan fingerprint density at radius 2 is 1.69 bits per heavy atom. The van der Waals surface area contributed by atoms with Crippen molar-refractivity contribution in [2.24, 2.45) is 4.99 Å². The number of phenols is 1. The molecule has 0 aliphatic heterocycles. The fraction of sp³-hybridized carbons (Fsp3) is 0. The Morgan fingerprint density at radius 1 is 0.923 bits per heavy atom. The molecule has 0 fully saturated rings. The molecule has 0 atom stereocenters. The third kappa shape index (κ3) is 3.43. The van der Waals surface area contributed by atoms with Gasteiger partial charge in [-0.3, -0.25) is 4.99 Å². The summed E-state index contributed by atoms with van der Waals surface area (Å²) in [5, 5.41) is 11.0. The molecular weight excluding hydrogens is 371 g/mol. The van der Waals surface area contributed by atoms with Crippen LogP contribution in [0.3, 0.4) is 0 Å². The van der Waals surface area contributed by atoms with Crippen LogP contribution in [0.2, 0.25) is 10.0 Å². The second-order valence-electron chi connectivity index (χ2n) is 5.64. The van der Waals surface area contributed by atoms with Crippen LogP contribution >= 0.6 is 23.2 Å². The van der Waals surface area contributed by atoms with Gasteiger partial charge in [-0.25, -0.2) is 4.98 Å². The van der Waals surface area contributed by atoms with E-state index in [1.807, 2.05) is 30.3 Å². The van der Waals surface area contributed by atoms with Gasteiger partial charge in [0.25, 0.3) is 0 Å². The van der Waals surface area contributed by atoms with Crippen molar-refractivity contribution in [3.63, 3.8) is 0 Å². The van der Waals surface area contributed by atoms with Crippen molar-refractivity contribution >= 4 is 46.2 Å². The maximum atomic E-state index is 9.85. The quantitative estimate of drug-likeness (QED) is 0.425. The number of phenolic OH excluding ortho intramolecular Hbond substituents is 1. The molecule has 1 aromatic heterocycles. The zero-order valence-electron chi connectivity index (χ0n) is 13.4. The van der Waals surface area contributed by atoms with E-state index in [0.717, 1.165) is 5.56 Å². The number of rotatable bonds is 3. The lowest BCUT2D eigenvalue weighted by Crippen LogP contribution is -1.82. The van der Waals surface area contributed by atoms with Crippen LogP contribution in [0, 0.1) is 0 Å². The topological polar surface area (TPSA) is 58.6 Å². The lowest BCUT2D eigenvalue weighted by atomic mass is 10.2. The summed E-state index contributed by atoms with van der Waals surface area (Å²) in [6.45, 7) is 0. The maximum absolute atomic E-state index is 9.85. The van der Waals surface area contributed by atoms with Crippen LogP contribution in [-0.4, -0.2) is 16.3 Å². The fourth-order valence-corrected chi connectivity index (χ4v) is 2.79. The Hall–Kier alpha value is -2.82. The number of nitrogens with zero attached hydrogens (tertiary/aromatic N) is 2. The highest BCUT2D eigenvalue weighted by molar-refractivity contribution is 6.31. The number of hydrogen-bond acceptors (Lipinski definition) is 4. The number of hydrogen-bond donors (Lipinski definition) is 1. The van der Waals surface area contributed by atoms with E-state index in [0.29, 0.717) is 38.3 Å². The van der Waals surface area contributed by atoms with Crippen molar-refractivity contribution in [1.82, 2.24) is 4.98 Å². The summed E-state index contributed by atoms with van der Waals surface area (Å²) in [6, 6.07) is 17.5. The van der Waals surface area contributed by atoms with Crippen LogP contribution < -0.4 is 0 Å². The molecule has 0 unspecified atom stereocenters. The first kappa shape index (κ1) is 16.6. The van der Waals surface area contributed by atoms with E-state index in [2.05, 4.69) is 9.98 Å². The van der Waals surface area contributed by atoms with E-state index in [4.69, 9.17) is 27.6 Å². The number of halogens is 2. The highest BCUT2D eigenvalue weighted by Gasteiger charge is 2.09. The average molecular weight is 383 g/mol. The lowest BCUT2D eigenvalue weighted by Gasteiger charge is -1.99. The predicted molar refractivity (Wildman–Crippen MR) is 105 cm³/mol. The van der Waals surface area contributed by atoms with Gasteiger partial charge in [0.1, 0.15) is 11.3 Å². The van der Waals surface area contributed by atoms with Crippen molar-refractivity contribution in [2.45, 2.75) is 0 Å². The van der Waals surface area contributed by atoms with Crippen LogP contribution in [0.15, 0.2) is 70.1 Å². The zero-order chi connectivity index (χ0) is 18.1. The largest absolute Gasteiger partial charge is 0.507 e. The highest BCUT2D eigenvalue weighted by atomic mass is 35.5. The Balaban J connectivity index is 1.66.